The number of ether oxygens (including phenoxy) is 1. The van der Waals surface area contributed by atoms with E-state index >= 15 is 0 Å². The van der Waals surface area contributed by atoms with Crippen molar-refractivity contribution in [1.29, 1.82) is 5.26 Å². The molecule has 102 valence electrons. The number of hydrogen-bond donors (Lipinski definition) is 0. The van der Waals surface area contributed by atoms with Gasteiger partial charge in [-0.2, -0.15) is 5.26 Å². The van der Waals surface area contributed by atoms with Crippen LogP contribution in [0.15, 0.2) is 18.2 Å². The highest BCUT2D eigenvalue weighted by molar-refractivity contribution is 5.62. The number of methoxy groups -OCH3 is 1. The van der Waals surface area contributed by atoms with E-state index in [1.807, 2.05) is 6.07 Å². The molecule has 3 nitrogen and oxygen atoms in total. The molecule has 1 atom stereocenters. The van der Waals surface area contributed by atoms with Gasteiger partial charge in [0, 0.05) is 18.5 Å². The third kappa shape index (κ3) is 2.40. The summed E-state index contributed by atoms with van der Waals surface area (Å²) >= 11 is 0. The second-order valence-corrected chi connectivity index (χ2v) is 5.83. The van der Waals surface area contributed by atoms with Crippen LogP contribution in [0.1, 0.15) is 32.3 Å². The van der Waals surface area contributed by atoms with Crippen LogP contribution in [-0.4, -0.2) is 19.2 Å². The van der Waals surface area contributed by atoms with E-state index in [9.17, 15) is 0 Å². The first-order chi connectivity index (χ1) is 9.00. The highest BCUT2D eigenvalue weighted by Crippen LogP contribution is 2.43. The molecule has 0 bridgehead atoms. The lowest BCUT2D eigenvalue weighted by atomic mass is 9.86. The minimum Gasteiger partial charge on any atom is -0.495 e. The fourth-order valence-corrected chi connectivity index (χ4v) is 3.05. The Kier molecular flexibility index (Phi) is 3.71. The molecule has 0 N–H and O–H groups in total. The lowest BCUT2D eigenvalue weighted by molar-refractivity contribution is 0.365. The van der Waals surface area contributed by atoms with Crippen LogP contribution in [0.5, 0.6) is 5.75 Å². The Labute approximate surface area is 115 Å². The Morgan fingerprint density at radius 3 is 2.84 bits per heavy atom. The SMILES string of the molecule is COc1ccc(C)cc1N1CCC(CC#N)C1(C)C. The Hall–Kier alpha value is -1.69. The molecule has 0 aliphatic carbocycles. The average molecular weight is 258 g/mol. The first-order valence-electron chi connectivity index (χ1n) is 6.80. The van der Waals surface area contributed by atoms with Crippen molar-refractivity contribution in [2.75, 3.05) is 18.6 Å². The lowest BCUT2D eigenvalue weighted by Crippen LogP contribution is -2.42. The van der Waals surface area contributed by atoms with E-state index in [-0.39, 0.29) is 5.54 Å². The topological polar surface area (TPSA) is 36.3 Å². The van der Waals surface area contributed by atoms with Gasteiger partial charge in [-0.15, -0.1) is 0 Å². The molecule has 0 radical (unpaired) electrons. The number of anilines is 1. The first kappa shape index (κ1) is 13.7. The van der Waals surface area contributed by atoms with E-state index < -0.39 is 0 Å². The Balaban J connectivity index is 2.38. The zero-order valence-electron chi connectivity index (χ0n) is 12.2. The van der Waals surface area contributed by atoms with Gasteiger partial charge in [-0.3, -0.25) is 0 Å². The van der Waals surface area contributed by atoms with Crippen LogP contribution in [0.25, 0.3) is 0 Å². The van der Waals surface area contributed by atoms with Crippen LogP contribution in [0.4, 0.5) is 5.69 Å². The van der Waals surface area contributed by atoms with Gasteiger partial charge in [-0.05, 0) is 50.8 Å². The summed E-state index contributed by atoms with van der Waals surface area (Å²) in [6.45, 7) is 7.53. The molecule has 1 fully saturated rings. The van der Waals surface area contributed by atoms with E-state index in [0.717, 1.165) is 24.4 Å². The molecule has 0 aromatic heterocycles. The number of aryl methyl sites for hydroxylation is 1. The molecule has 0 amide bonds. The average Bonchev–Trinajstić information content (AvgIpc) is 2.65. The molecule has 1 unspecified atom stereocenters. The Morgan fingerprint density at radius 2 is 2.21 bits per heavy atom. The number of nitriles is 1. The standard InChI is InChI=1S/C16H22N2O/c1-12-5-6-15(19-4)14(11-12)18-10-8-13(7-9-17)16(18,2)3/h5-6,11,13H,7-8,10H2,1-4H3. The molecule has 1 aromatic rings. The van der Waals surface area contributed by atoms with Crippen LogP contribution in [-0.2, 0) is 0 Å². The van der Waals surface area contributed by atoms with Gasteiger partial charge in [0.25, 0.3) is 0 Å². The zero-order valence-corrected chi connectivity index (χ0v) is 12.2. The summed E-state index contributed by atoms with van der Waals surface area (Å²) in [6.07, 6.45) is 1.69. The van der Waals surface area contributed by atoms with Gasteiger partial charge in [0.1, 0.15) is 5.75 Å². The van der Waals surface area contributed by atoms with Gasteiger partial charge >= 0.3 is 0 Å². The quantitative estimate of drug-likeness (QED) is 0.832. The summed E-state index contributed by atoms with van der Waals surface area (Å²) in [5, 5.41) is 8.97. The van der Waals surface area contributed by atoms with Gasteiger partial charge in [0.05, 0.1) is 18.9 Å². The lowest BCUT2D eigenvalue weighted by Gasteiger charge is -2.38. The molecule has 3 heteroatoms. The molecule has 1 aromatic carbocycles. The maximum Gasteiger partial charge on any atom is 0.142 e. The molecule has 19 heavy (non-hydrogen) atoms. The number of hydrogen-bond acceptors (Lipinski definition) is 3. The predicted octanol–water partition coefficient (Wildman–Crippen LogP) is 3.52. The summed E-state index contributed by atoms with van der Waals surface area (Å²) in [5.41, 5.74) is 2.37. The molecular weight excluding hydrogens is 236 g/mol. The summed E-state index contributed by atoms with van der Waals surface area (Å²) in [5.74, 6) is 1.33. The van der Waals surface area contributed by atoms with Crippen LogP contribution < -0.4 is 9.64 Å². The van der Waals surface area contributed by atoms with Gasteiger partial charge in [0.15, 0.2) is 0 Å². The zero-order chi connectivity index (χ0) is 14.0. The van der Waals surface area contributed by atoms with Crippen molar-refractivity contribution in [2.45, 2.75) is 39.2 Å². The maximum absolute atomic E-state index is 8.97. The van der Waals surface area contributed by atoms with Gasteiger partial charge in [0.2, 0.25) is 0 Å². The fourth-order valence-electron chi connectivity index (χ4n) is 3.05. The minimum absolute atomic E-state index is 0.00317. The molecule has 0 spiro atoms. The molecule has 1 aliphatic rings. The van der Waals surface area contributed by atoms with Crippen LogP contribution >= 0.6 is 0 Å². The smallest absolute Gasteiger partial charge is 0.142 e. The predicted molar refractivity (Wildman–Crippen MR) is 77.5 cm³/mol. The number of benzene rings is 1. The van der Waals surface area contributed by atoms with E-state index in [1.165, 1.54) is 5.56 Å². The second kappa shape index (κ2) is 5.13. The van der Waals surface area contributed by atoms with Crippen molar-refractivity contribution < 1.29 is 4.74 Å². The fraction of sp³-hybridized carbons (Fsp3) is 0.562. The van der Waals surface area contributed by atoms with Crippen molar-refractivity contribution in [3.8, 4) is 11.8 Å². The number of nitrogens with zero attached hydrogens (tertiary/aromatic N) is 2. The molecule has 1 saturated heterocycles. The van der Waals surface area contributed by atoms with Crippen LogP contribution in [0.2, 0.25) is 0 Å². The summed E-state index contributed by atoms with van der Waals surface area (Å²) in [7, 11) is 1.71. The Bertz CT molecular complexity index is 502. The van der Waals surface area contributed by atoms with Crippen LogP contribution in [0.3, 0.4) is 0 Å². The molecule has 2 rings (SSSR count). The highest BCUT2D eigenvalue weighted by atomic mass is 16.5. The summed E-state index contributed by atoms with van der Waals surface area (Å²) < 4.78 is 5.49. The van der Waals surface area contributed by atoms with E-state index in [0.29, 0.717) is 12.3 Å². The van der Waals surface area contributed by atoms with Gasteiger partial charge in [-0.1, -0.05) is 6.07 Å². The van der Waals surface area contributed by atoms with Crippen molar-refractivity contribution in [3.63, 3.8) is 0 Å². The summed E-state index contributed by atoms with van der Waals surface area (Å²) in [6, 6.07) is 8.59. The third-order valence-electron chi connectivity index (χ3n) is 4.36. The molecule has 0 saturated carbocycles. The van der Waals surface area contributed by atoms with Gasteiger partial charge in [-0.25, -0.2) is 0 Å². The van der Waals surface area contributed by atoms with Crippen molar-refractivity contribution in [3.05, 3.63) is 23.8 Å². The van der Waals surface area contributed by atoms with Crippen molar-refractivity contribution in [2.24, 2.45) is 5.92 Å². The first-order valence-corrected chi connectivity index (χ1v) is 6.80. The van der Waals surface area contributed by atoms with Crippen molar-refractivity contribution >= 4 is 5.69 Å². The largest absolute Gasteiger partial charge is 0.495 e. The van der Waals surface area contributed by atoms with Crippen molar-refractivity contribution in [1.82, 2.24) is 0 Å². The second-order valence-electron chi connectivity index (χ2n) is 5.83. The molecular formula is C16H22N2O. The van der Waals surface area contributed by atoms with E-state index in [4.69, 9.17) is 10.00 Å². The third-order valence-corrected chi connectivity index (χ3v) is 4.36. The monoisotopic (exact) mass is 258 g/mol. The van der Waals surface area contributed by atoms with E-state index in [2.05, 4.69) is 43.9 Å². The molecule has 1 heterocycles. The number of rotatable bonds is 3. The normalized spacial score (nSPS) is 21.2. The van der Waals surface area contributed by atoms with Crippen LogP contribution in [0, 0.1) is 24.2 Å². The Morgan fingerprint density at radius 1 is 1.47 bits per heavy atom. The summed E-state index contributed by atoms with van der Waals surface area (Å²) in [4.78, 5) is 2.39. The maximum atomic E-state index is 8.97. The molecule has 1 aliphatic heterocycles. The van der Waals surface area contributed by atoms with E-state index in [1.54, 1.807) is 7.11 Å². The van der Waals surface area contributed by atoms with Gasteiger partial charge < -0.3 is 9.64 Å². The minimum atomic E-state index is -0.00317. The highest BCUT2D eigenvalue weighted by Gasteiger charge is 2.41.